The van der Waals surface area contributed by atoms with Gasteiger partial charge >= 0.3 is 6.18 Å². The minimum Gasteiger partial charge on any atom is -0.336 e. The van der Waals surface area contributed by atoms with Crippen LogP contribution in [0.15, 0.2) is 50.7 Å². The van der Waals surface area contributed by atoms with Crippen LogP contribution >= 0.6 is 27.7 Å². The van der Waals surface area contributed by atoms with Gasteiger partial charge in [0.1, 0.15) is 0 Å². The number of anilines is 2. The van der Waals surface area contributed by atoms with Crippen LogP contribution in [-0.4, -0.2) is 19.1 Å². The van der Waals surface area contributed by atoms with Crippen LogP contribution < -0.4 is 10.2 Å². The highest BCUT2D eigenvalue weighted by Crippen LogP contribution is 2.51. The molecule has 0 radical (unpaired) electrons. The van der Waals surface area contributed by atoms with Crippen LogP contribution in [0.25, 0.3) is 0 Å². The zero-order valence-electron chi connectivity index (χ0n) is 13.2. The second-order valence-electron chi connectivity index (χ2n) is 6.25. The summed E-state index contributed by atoms with van der Waals surface area (Å²) in [7, 11) is 0. The Morgan fingerprint density at radius 3 is 2.32 bits per heavy atom. The van der Waals surface area contributed by atoms with E-state index in [4.69, 9.17) is 0 Å². The van der Waals surface area contributed by atoms with Crippen LogP contribution in [0.2, 0.25) is 0 Å². The van der Waals surface area contributed by atoms with Crippen molar-refractivity contribution in [2.75, 3.05) is 18.0 Å². The lowest BCUT2D eigenvalue weighted by molar-refractivity contribution is -0.137. The van der Waals surface area contributed by atoms with E-state index in [1.807, 2.05) is 12.1 Å². The van der Waals surface area contributed by atoms with Crippen molar-refractivity contribution in [1.82, 2.24) is 5.32 Å². The number of piperidine rings is 1. The Balaban J connectivity index is 1.83. The zero-order valence-corrected chi connectivity index (χ0v) is 15.6. The molecule has 2 heterocycles. The Kier molecular flexibility index (Phi) is 4.50. The Labute approximate surface area is 156 Å². The SMILES string of the molecule is FC(F)(F)c1ccc2c(c1)Sc1cc(Br)ccc1N2C1CCNCC1. The molecule has 0 saturated carbocycles. The van der Waals surface area contributed by atoms with Crippen LogP contribution in [0.4, 0.5) is 24.5 Å². The summed E-state index contributed by atoms with van der Waals surface area (Å²) in [5.41, 5.74) is 1.36. The first-order valence-corrected chi connectivity index (χ1v) is 9.73. The predicted octanol–water partition coefficient (Wildman–Crippen LogP) is 5.82. The van der Waals surface area contributed by atoms with Gasteiger partial charge in [-0.2, -0.15) is 13.2 Å². The van der Waals surface area contributed by atoms with E-state index >= 15 is 0 Å². The van der Waals surface area contributed by atoms with Crippen LogP contribution in [0.1, 0.15) is 18.4 Å². The molecule has 1 N–H and O–H groups in total. The van der Waals surface area contributed by atoms with Crippen molar-refractivity contribution in [2.45, 2.75) is 34.9 Å². The highest BCUT2D eigenvalue weighted by molar-refractivity contribution is 9.10. The van der Waals surface area contributed by atoms with E-state index in [0.29, 0.717) is 4.90 Å². The first-order chi connectivity index (χ1) is 11.9. The number of hydrogen-bond acceptors (Lipinski definition) is 3. The molecular weight excluding hydrogens is 413 g/mol. The number of nitrogens with one attached hydrogen (secondary N) is 1. The Hall–Kier alpha value is -1.18. The number of benzene rings is 2. The topological polar surface area (TPSA) is 15.3 Å². The lowest BCUT2D eigenvalue weighted by Gasteiger charge is -2.41. The van der Waals surface area contributed by atoms with Gasteiger partial charge in [0.25, 0.3) is 0 Å². The number of alkyl halides is 3. The molecule has 0 unspecified atom stereocenters. The molecule has 2 aliphatic heterocycles. The van der Waals surface area contributed by atoms with Crippen molar-refractivity contribution in [3.05, 3.63) is 46.4 Å². The number of rotatable bonds is 1. The number of hydrogen-bond donors (Lipinski definition) is 1. The molecule has 1 saturated heterocycles. The fraction of sp³-hybridized carbons (Fsp3) is 0.333. The molecule has 2 aromatic carbocycles. The second-order valence-corrected chi connectivity index (χ2v) is 8.25. The van der Waals surface area contributed by atoms with Crippen LogP contribution in [0, 0.1) is 0 Å². The van der Waals surface area contributed by atoms with E-state index in [1.54, 1.807) is 6.07 Å². The van der Waals surface area contributed by atoms with Crippen molar-refractivity contribution in [1.29, 1.82) is 0 Å². The largest absolute Gasteiger partial charge is 0.416 e. The van der Waals surface area contributed by atoms with Gasteiger partial charge in [-0.25, -0.2) is 0 Å². The molecule has 4 rings (SSSR count). The predicted molar refractivity (Wildman–Crippen MR) is 97.7 cm³/mol. The molecule has 1 fully saturated rings. The van der Waals surface area contributed by atoms with Crippen molar-refractivity contribution in [3.8, 4) is 0 Å². The van der Waals surface area contributed by atoms with E-state index in [-0.39, 0.29) is 6.04 Å². The third kappa shape index (κ3) is 3.29. The second kappa shape index (κ2) is 6.52. The Bertz CT molecular complexity index is 803. The molecule has 0 atom stereocenters. The number of nitrogens with zero attached hydrogens (tertiary/aromatic N) is 1. The van der Waals surface area contributed by atoms with Gasteiger partial charge < -0.3 is 10.2 Å². The average Bonchev–Trinajstić information content (AvgIpc) is 2.59. The maximum atomic E-state index is 13.1. The fourth-order valence-electron chi connectivity index (χ4n) is 3.45. The molecule has 25 heavy (non-hydrogen) atoms. The fourth-order valence-corrected chi connectivity index (χ4v) is 5.11. The van der Waals surface area contributed by atoms with Gasteiger partial charge in [0.2, 0.25) is 0 Å². The summed E-state index contributed by atoms with van der Waals surface area (Å²) in [5.74, 6) is 0. The zero-order chi connectivity index (χ0) is 17.6. The lowest BCUT2D eigenvalue weighted by atomic mass is 10.0. The number of halogens is 4. The van der Waals surface area contributed by atoms with Crippen molar-refractivity contribution in [3.63, 3.8) is 0 Å². The maximum absolute atomic E-state index is 13.1. The monoisotopic (exact) mass is 428 g/mol. The van der Waals surface area contributed by atoms with Gasteiger partial charge in [-0.05, 0) is 62.3 Å². The third-order valence-electron chi connectivity index (χ3n) is 4.62. The van der Waals surface area contributed by atoms with E-state index in [2.05, 4.69) is 32.2 Å². The summed E-state index contributed by atoms with van der Waals surface area (Å²) in [6.45, 7) is 1.85. The van der Waals surface area contributed by atoms with Crippen LogP contribution in [0.5, 0.6) is 0 Å². The average molecular weight is 429 g/mol. The maximum Gasteiger partial charge on any atom is 0.416 e. The van der Waals surface area contributed by atoms with E-state index in [9.17, 15) is 13.2 Å². The van der Waals surface area contributed by atoms with E-state index < -0.39 is 11.7 Å². The Morgan fingerprint density at radius 2 is 1.64 bits per heavy atom. The summed E-state index contributed by atoms with van der Waals surface area (Å²) in [6.07, 6.45) is -2.38. The smallest absolute Gasteiger partial charge is 0.336 e. The summed E-state index contributed by atoms with van der Waals surface area (Å²) in [6, 6.07) is 10.4. The quantitative estimate of drug-likeness (QED) is 0.615. The van der Waals surface area contributed by atoms with Gasteiger partial charge in [-0.1, -0.05) is 27.7 Å². The van der Waals surface area contributed by atoms with Crippen molar-refractivity contribution in [2.24, 2.45) is 0 Å². The molecule has 0 spiro atoms. The first-order valence-electron chi connectivity index (χ1n) is 8.12. The van der Waals surface area contributed by atoms with Gasteiger partial charge in [0.05, 0.1) is 16.9 Å². The highest BCUT2D eigenvalue weighted by atomic mass is 79.9. The molecule has 0 amide bonds. The first kappa shape index (κ1) is 17.2. The third-order valence-corrected chi connectivity index (χ3v) is 6.21. The molecule has 0 aliphatic carbocycles. The van der Waals surface area contributed by atoms with E-state index in [1.165, 1.54) is 23.9 Å². The van der Waals surface area contributed by atoms with Crippen molar-refractivity contribution >= 4 is 39.1 Å². The number of fused-ring (bicyclic) bond motifs is 2. The normalized spacial score (nSPS) is 18.0. The molecule has 132 valence electrons. The van der Waals surface area contributed by atoms with Crippen molar-refractivity contribution < 1.29 is 13.2 Å². The van der Waals surface area contributed by atoms with E-state index in [0.717, 1.165) is 46.7 Å². The molecule has 0 aromatic heterocycles. The van der Waals surface area contributed by atoms with Crippen LogP contribution in [-0.2, 0) is 6.18 Å². The summed E-state index contributed by atoms with van der Waals surface area (Å²) in [4.78, 5) is 3.88. The van der Waals surface area contributed by atoms with Gasteiger partial charge in [0, 0.05) is 20.3 Å². The Morgan fingerprint density at radius 1 is 1.00 bits per heavy atom. The summed E-state index contributed by atoms with van der Waals surface area (Å²) >= 11 is 4.88. The molecule has 7 heteroatoms. The molecule has 2 nitrogen and oxygen atoms in total. The van der Waals surface area contributed by atoms with Gasteiger partial charge in [0.15, 0.2) is 0 Å². The molecule has 0 bridgehead atoms. The molecular formula is C18H16BrF3N2S. The highest BCUT2D eigenvalue weighted by Gasteiger charge is 2.35. The van der Waals surface area contributed by atoms with Gasteiger partial charge in [-0.3, -0.25) is 0 Å². The minimum absolute atomic E-state index is 0.289. The summed E-state index contributed by atoms with van der Waals surface area (Å²) in [5, 5.41) is 3.35. The van der Waals surface area contributed by atoms with Crippen LogP contribution in [0.3, 0.4) is 0 Å². The minimum atomic E-state index is -4.33. The van der Waals surface area contributed by atoms with Gasteiger partial charge in [-0.15, -0.1) is 0 Å². The standard InChI is InChI=1S/C18H16BrF3N2S/c19-12-2-4-15-17(10-12)25-16-9-11(18(20,21)22)1-3-14(16)24(15)13-5-7-23-8-6-13/h1-4,9-10,13,23H,5-8H2. The lowest BCUT2D eigenvalue weighted by Crippen LogP contribution is -2.41. The summed E-state index contributed by atoms with van der Waals surface area (Å²) < 4.78 is 40.3. The molecule has 2 aliphatic rings. The molecule has 2 aromatic rings.